The first kappa shape index (κ1) is 14.8. The summed E-state index contributed by atoms with van der Waals surface area (Å²) < 4.78 is 0. The summed E-state index contributed by atoms with van der Waals surface area (Å²) in [6.45, 7) is 2.86. The van der Waals surface area contributed by atoms with Gasteiger partial charge in [-0.1, -0.05) is 42.8 Å². The lowest BCUT2D eigenvalue weighted by molar-refractivity contribution is -0.00653. The van der Waals surface area contributed by atoms with Crippen molar-refractivity contribution < 1.29 is 5.11 Å². The van der Waals surface area contributed by atoms with Crippen LogP contribution >= 0.6 is 0 Å². The number of β-amino-alcohol motifs (C(OH)–C–C–N with tert-alkyl or cyclic N) is 1. The van der Waals surface area contributed by atoms with Crippen LogP contribution in [0.25, 0.3) is 0 Å². The van der Waals surface area contributed by atoms with Gasteiger partial charge in [-0.2, -0.15) is 0 Å². The van der Waals surface area contributed by atoms with Gasteiger partial charge in [-0.3, -0.25) is 4.90 Å². The van der Waals surface area contributed by atoms with E-state index in [4.69, 9.17) is 0 Å². The summed E-state index contributed by atoms with van der Waals surface area (Å²) in [5.41, 5.74) is 2.09. The highest BCUT2D eigenvalue weighted by Crippen LogP contribution is 2.34. The average Bonchev–Trinajstić information content (AvgIpc) is 2.78. The van der Waals surface area contributed by atoms with Crippen LogP contribution in [0.15, 0.2) is 42.0 Å². The smallest absolute Gasteiger partial charge is 0.0983 e. The van der Waals surface area contributed by atoms with Crippen LogP contribution in [-0.2, 0) is 6.54 Å². The normalized spacial score (nSPS) is 28.0. The molecule has 0 bridgehead atoms. The molecule has 1 aromatic carbocycles. The SMILES string of the molecule is OC1(C2=CCCCCC2)CCCN(Cc2ccccc2)C1. The lowest BCUT2D eigenvalue weighted by atomic mass is 9.83. The molecule has 1 atom stereocenters. The van der Waals surface area contributed by atoms with Gasteiger partial charge in [0.1, 0.15) is 0 Å². The van der Waals surface area contributed by atoms with E-state index in [2.05, 4.69) is 41.3 Å². The fraction of sp³-hybridized carbons (Fsp3) is 0.579. The Bertz CT molecular complexity index is 482. The predicted octanol–water partition coefficient (Wildman–Crippen LogP) is 3.90. The molecule has 0 radical (unpaired) electrons. The summed E-state index contributed by atoms with van der Waals surface area (Å²) in [6, 6.07) is 10.6. The summed E-state index contributed by atoms with van der Waals surface area (Å²) in [5, 5.41) is 11.2. The lowest BCUT2D eigenvalue weighted by Gasteiger charge is -2.41. The number of benzene rings is 1. The zero-order valence-electron chi connectivity index (χ0n) is 12.9. The van der Waals surface area contributed by atoms with Crippen molar-refractivity contribution in [3.63, 3.8) is 0 Å². The quantitative estimate of drug-likeness (QED) is 0.851. The van der Waals surface area contributed by atoms with Gasteiger partial charge in [0.15, 0.2) is 0 Å². The minimum atomic E-state index is -0.572. The van der Waals surface area contributed by atoms with E-state index in [1.165, 1.54) is 30.4 Å². The molecule has 2 aliphatic rings. The van der Waals surface area contributed by atoms with Gasteiger partial charge in [0, 0.05) is 13.1 Å². The molecule has 0 aromatic heterocycles. The molecule has 0 amide bonds. The van der Waals surface area contributed by atoms with Crippen LogP contribution in [0.2, 0.25) is 0 Å². The Labute approximate surface area is 128 Å². The predicted molar refractivity (Wildman–Crippen MR) is 87.1 cm³/mol. The van der Waals surface area contributed by atoms with Crippen molar-refractivity contribution in [2.24, 2.45) is 0 Å². The molecule has 1 heterocycles. The first-order valence-electron chi connectivity index (χ1n) is 8.44. The Kier molecular flexibility index (Phi) is 4.77. The largest absolute Gasteiger partial charge is 0.384 e. The van der Waals surface area contributed by atoms with Gasteiger partial charge in [-0.05, 0) is 56.2 Å². The van der Waals surface area contributed by atoms with E-state index in [0.717, 1.165) is 45.3 Å². The summed E-state index contributed by atoms with van der Waals surface area (Å²) >= 11 is 0. The summed E-state index contributed by atoms with van der Waals surface area (Å²) in [4.78, 5) is 2.42. The van der Waals surface area contributed by atoms with Gasteiger partial charge in [0.25, 0.3) is 0 Å². The van der Waals surface area contributed by atoms with Crippen molar-refractivity contribution in [2.45, 2.75) is 57.1 Å². The fourth-order valence-electron chi connectivity index (χ4n) is 3.80. The van der Waals surface area contributed by atoms with E-state index in [9.17, 15) is 5.11 Å². The van der Waals surface area contributed by atoms with Crippen LogP contribution in [0.3, 0.4) is 0 Å². The maximum atomic E-state index is 11.2. The third-order valence-electron chi connectivity index (χ3n) is 4.94. The molecule has 114 valence electrons. The molecule has 2 heteroatoms. The van der Waals surface area contributed by atoms with Gasteiger partial charge in [0.2, 0.25) is 0 Å². The molecular formula is C19H27NO. The molecule has 1 saturated heterocycles. The maximum absolute atomic E-state index is 11.2. The van der Waals surface area contributed by atoms with Crippen molar-refractivity contribution in [3.05, 3.63) is 47.5 Å². The minimum absolute atomic E-state index is 0.572. The molecule has 1 aliphatic heterocycles. The number of allylic oxidation sites excluding steroid dienone is 1. The van der Waals surface area contributed by atoms with E-state index in [1.54, 1.807) is 0 Å². The monoisotopic (exact) mass is 285 g/mol. The van der Waals surface area contributed by atoms with Crippen LogP contribution < -0.4 is 0 Å². The second kappa shape index (κ2) is 6.76. The molecule has 1 aliphatic carbocycles. The Morgan fingerprint density at radius 1 is 1.05 bits per heavy atom. The van der Waals surface area contributed by atoms with E-state index < -0.39 is 5.60 Å². The van der Waals surface area contributed by atoms with E-state index >= 15 is 0 Å². The van der Waals surface area contributed by atoms with E-state index in [-0.39, 0.29) is 0 Å². The Hall–Kier alpha value is -1.12. The fourth-order valence-corrected chi connectivity index (χ4v) is 3.80. The molecule has 1 fully saturated rings. The first-order chi connectivity index (χ1) is 10.3. The van der Waals surface area contributed by atoms with Crippen molar-refractivity contribution in [1.82, 2.24) is 4.90 Å². The highest BCUT2D eigenvalue weighted by Gasteiger charge is 2.36. The van der Waals surface area contributed by atoms with E-state index in [1.807, 2.05) is 0 Å². The van der Waals surface area contributed by atoms with E-state index in [0.29, 0.717) is 0 Å². The second-order valence-corrected chi connectivity index (χ2v) is 6.66. The highest BCUT2D eigenvalue weighted by atomic mass is 16.3. The molecule has 0 spiro atoms. The molecule has 1 aromatic rings. The van der Waals surface area contributed by atoms with Crippen LogP contribution in [0.1, 0.15) is 50.5 Å². The lowest BCUT2D eigenvalue weighted by Crippen LogP contribution is -2.48. The third kappa shape index (κ3) is 3.75. The van der Waals surface area contributed by atoms with Crippen LogP contribution in [-0.4, -0.2) is 28.7 Å². The summed E-state index contributed by atoms with van der Waals surface area (Å²) in [5.74, 6) is 0. The Morgan fingerprint density at radius 3 is 2.76 bits per heavy atom. The van der Waals surface area contributed by atoms with Gasteiger partial charge in [0.05, 0.1) is 5.60 Å². The summed E-state index contributed by atoms with van der Waals surface area (Å²) in [7, 11) is 0. The highest BCUT2D eigenvalue weighted by molar-refractivity contribution is 5.21. The zero-order valence-corrected chi connectivity index (χ0v) is 12.9. The number of hydrogen-bond donors (Lipinski definition) is 1. The molecule has 2 nitrogen and oxygen atoms in total. The van der Waals surface area contributed by atoms with Crippen molar-refractivity contribution in [3.8, 4) is 0 Å². The Balaban J connectivity index is 1.68. The van der Waals surface area contributed by atoms with Gasteiger partial charge >= 0.3 is 0 Å². The van der Waals surface area contributed by atoms with Crippen LogP contribution in [0.4, 0.5) is 0 Å². The first-order valence-corrected chi connectivity index (χ1v) is 8.44. The van der Waals surface area contributed by atoms with Crippen LogP contribution in [0, 0.1) is 0 Å². The third-order valence-corrected chi connectivity index (χ3v) is 4.94. The molecule has 0 saturated carbocycles. The number of piperidine rings is 1. The van der Waals surface area contributed by atoms with Crippen molar-refractivity contribution in [1.29, 1.82) is 0 Å². The number of rotatable bonds is 3. The molecule has 21 heavy (non-hydrogen) atoms. The summed E-state index contributed by atoms with van der Waals surface area (Å²) in [6.07, 6.45) is 10.4. The molecule has 3 rings (SSSR count). The number of likely N-dealkylation sites (tertiary alicyclic amines) is 1. The molecule has 1 N–H and O–H groups in total. The zero-order chi connectivity index (χ0) is 14.5. The maximum Gasteiger partial charge on any atom is 0.0983 e. The standard InChI is InChI=1S/C19H27NO/c21-19(18-11-6-1-2-7-12-18)13-8-14-20(16-19)15-17-9-4-3-5-10-17/h3-5,9-11,21H,1-2,6-8,12-16H2. The minimum Gasteiger partial charge on any atom is -0.384 e. The number of aliphatic hydroxyl groups is 1. The van der Waals surface area contributed by atoms with Crippen molar-refractivity contribution >= 4 is 0 Å². The number of nitrogens with zero attached hydrogens (tertiary/aromatic N) is 1. The average molecular weight is 285 g/mol. The van der Waals surface area contributed by atoms with Gasteiger partial charge in [-0.15, -0.1) is 0 Å². The number of hydrogen-bond acceptors (Lipinski definition) is 2. The molecule has 1 unspecified atom stereocenters. The Morgan fingerprint density at radius 2 is 1.90 bits per heavy atom. The molecular weight excluding hydrogens is 258 g/mol. The van der Waals surface area contributed by atoms with Gasteiger partial charge in [-0.25, -0.2) is 0 Å². The van der Waals surface area contributed by atoms with Crippen molar-refractivity contribution in [2.75, 3.05) is 13.1 Å². The topological polar surface area (TPSA) is 23.5 Å². The second-order valence-electron chi connectivity index (χ2n) is 6.66. The van der Waals surface area contributed by atoms with Crippen LogP contribution in [0.5, 0.6) is 0 Å². The van der Waals surface area contributed by atoms with Gasteiger partial charge < -0.3 is 5.11 Å².